The van der Waals surface area contributed by atoms with Crippen molar-refractivity contribution in [1.29, 1.82) is 0 Å². The Labute approximate surface area is 99.8 Å². The van der Waals surface area contributed by atoms with Crippen LogP contribution in [-0.2, 0) is 0 Å². The summed E-state index contributed by atoms with van der Waals surface area (Å²) in [5, 5.41) is 8.89. The first-order valence-corrected chi connectivity index (χ1v) is 5.44. The maximum atomic E-state index is 13.2. The summed E-state index contributed by atoms with van der Waals surface area (Å²) in [6.07, 6.45) is 0. The largest absolute Gasteiger partial charge is 0.396 e. The molecule has 0 bridgehead atoms. The second kappa shape index (κ2) is 5.63. The number of anilines is 1. The van der Waals surface area contributed by atoms with Crippen LogP contribution in [0.25, 0.3) is 0 Å². The van der Waals surface area contributed by atoms with Crippen LogP contribution in [0.1, 0.15) is 24.2 Å². The van der Waals surface area contributed by atoms with Crippen LogP contribution >= 0.6 is 0 Å². The normalized spacial score (nSPS) is 10.6. The lowest BCUT2D eigenvalue weighted by atomic mass is 10.1. The van der Waals surface area contributed by atoms with Gasteiger partial charge in [0.25, 0.3) is 5.91 Å². The Hall–Kier alpha value is -1.62. The van der Waals surface area contributed by atoms with Crippen molar-refractivity contribution in [2.75, 3.05) is 18.9 Å². The van der Waals surface area contributed by atoms with Crippen LogP contribution in [0.5, 0.6) is 0 Å². The molecule has 0 saturated heterocycles. The van der Waals surface area contributed by atoms with E-state index in [1.54, 1.807) is 0 Å². The van der Waals surface area contributed by atoms with Gasteiger partial charge in [0.2, 0.25) is 0 Å². The Bertz CT molecular complexity index is 407. The quantitative estimate of drug-likeness (QED) is 0.778. The van der Waals surface area contributed by atoms with Crippen LogP contribution in [0.2, 0.25) is 0 Å². The molecule has 3 N–H and O–H groups in total. The minimum absolute atomic E-state index is 0.0137. The molecule has 0 aliphatic rings. The monoisotopic (exact) mass is 240 g/mol. The van der Waals surface area contributed by atoms with Gasteiger partial charge in [-0.3, -0.25) is 4.79 Å². The van der Waals surface area contributed by atoms with Gasteiger partial charge in [-0.25, -0.2) is 4.39 Å². The number of nitrogens with zero attached hydrogens (tertiary/aromatic N) is 1. The molecular weight excluding hydrogens is 223 g/mol. The lowest BCUT2D eigenvalue weighted by molar-refractivity contribution is 0.0665. The first kappa shape index (κ1) is 13.4. The van der Waals surface area contributed by atoms with Gasteiger partial charge in [-0.05, 0) is 32.0 Å². The zero-order chi connectivity index (χ0) is 13.0. The predicted octanol–water partition coefficient (Wildman–Crippen LogP) is 1.25. The van der Waals surface area contributed by atoms with Crippen LogP contribution in [0.3, 0.4) is 0 Å². The number of aliphatic hydroxyl groups is 1. The Morgan fingerprint density at radius 3 is 2.65 bits per heavy atom. The molecule has 5 heteroatoms. The first-order chi connectivity index (χ1) is 7.97. The number of nitrogen functional groups attached to an aromatic ring is 1. The lowest BCUT2D eigenvalue weighted by Gasteiger charge is -2.26. The van der Waals surface area contributed by atoms with Gasteiger partial charge in [-0.15, -0.1) is 0 Å². The molecule has 0 fully saturated rings. The van der Waals surface area contributed by atoms with Crippen molar-refractivity contribution in [2.45, 2.75) is 19.9 Å². The van der Waals surface area contributed by atoms with E-state index in [4.69, 9.17) is 10.8 Å². The standard InChI is InChI=1S/C12H17FN2O2/c1-8(2)15(5-6-16)12(17)9-3-4-11(14)10(13)7-9/h3-4,7-8,16H,5-6,14H2,1-2H3. The summed E-state index contributed by atoms with van der Waals surface area (Å²) in [5.41, 5.74) is 5.59. The number of rotatable bonds is 4. The smallest absolute Gasteiger partial charge is 0.254 e. The number of halogens is 1. The van der Waals surface area contributed by atoms with Crippen molar-refractivity contribution in [3.05, 3.63) is 29.6 Å². The van der Waals surface area contributed by atoms with Crippen LogP contribution in [-0.4, -0.2) is 35.1 Å². The van der Waals surface area contributed by atoms with E-state index >= 15 is 0 Å². The maximum Gasteiger partial charge on any atom is 0.254 e. The lowest BCUT2D eigenvalue weighted by Crippen LogP contribution is -2.39. The zero-order valence-corrected chi connectivity index (χ0v) is 9.98. The zero-order valence-electron chi connectivity index (χ0n) is 9.98. The number of aliphatic hydroxyl groups excluding tert-OH is 1. The van der Waals surface area contributed by atoms with Crippen molar-refractivity contribution in [2.24, 2.45) is 0 Å². The Balaban J connectivity index is 2.97. The Morgan fingerprint density at radius 2 is 2.18 bits per heavy atom. The van der Waals surface area contributed by atoms with Gasteiger partial charge in [0, 0.05) is 18.2 Å². The molecule has 0 unspecified atom stereocenters. The molecule has 0 spiro atoms. The van der Waals surface area contributed by atoms with E-state index in [1.165, 1.54) is 17.0 Å². The molecule has 1 aromatic carbocycles. The molecule has 0 atom stereocenters. The molecule has 0 aliphatic heterocycles. The number of carbonyl (C=O) groups is 1. The summed E-state index contributed by atoms with van der Waals surface area (Å²) in [4.78, 5) is 13.5. The van der Waals surface area contributed by atoms with Gasteiger partial charge in [0.1, 0.15) is 5.82 Å². The molecule has 1 rings (SSSR count). The van der Waals surface area contributed by atoms with E-state index in [9.17, 15) is 9.18 Å². The molecular formula is C12H17FN2O2. The molecule has 0 radical (unpaired) electrons. The average Bonchev–Trinajstić information content (AvgIpc) is 2.28. The molecule has 4 nitrogen and oxygen atoms in total. The molecule has 1 amide bonds. The number of amides is 1. The van der Waals surface area contributed by atoms with E-state index < -0.39 is 5.82 Å². The summed E-state index contributed by atoms with van der Waals surface area (Å²) in [7, 11) is 0. The second-order valence-corrected chi connectivity index (χ2v) is 4.05. The fraction of sp³-hybridized carbons (Fsp3) is 0.417. The third-order valence-electron chi connectivity index (χ3n) is 2.47. The van der Waals surface area contributed by atoms with Crippen molar-refractivity contribution >= 4 is 11.6 Å². The average molecular weight is 240 g/mol. The van der Waals surface area contributed by atoms with Crippen molar-refractivity contribution in [3.8, 4) is 0 Å². The third kappa shape index (κ3) is 3.17. The van der Waals surface area contributed by atoms with Gasteiger partial charge in [0.05, 0.1) is 12.3 Å². The highest BCUT2D eigenvalue weighted by molar-refractivity contribution is 5.94. The van der Waals surface area contributed by atoms with Crippen LogP contribution in [0.4, 0.5) is 10.1 Å². The summed E-state index contributed by atoms with van der Waals surface area (Å²) in [5.74, 6) is -0.920. The summed E-state index contributed by atoms with van der Waals surface area (Å²) in [6.45, 7) is 3.77. The fourth-order valence-electron chi connectivity index (χ4n) is 1.53. The van der Waals surface area contributed by atoms with Crippen LogP contribution in [0, 0.1) is 5.82 Å². The minimum atomic E-state index is -0.608. The molecule has 0 saturated carbocycles. The SMILES string of the molecule is CC(C)N(CCO)C(=O)c1ccc(N)c(F)c1. The third-order valence-corrected chi connectivity index (χ3v) is 2.47. The predicted molar refractivity (Wildman–Crippen MR) is 64.1 cm³/mol. The molecule has 1 aromatic rings. The van der Waals surface area contributed by atoms with Crippen LogP contribution in [0.15, 0.2) is 18.2 Å². The van der Waals surface area contributed by atoms with Gasteiger partial charge in [0.15, 0.2) is 0 Å². The van der Waals surface area contributed by atoms with Gasteiger partial charge >= 0.3 is 0 Å². The van der Waals surface area contributed by atoms with Crippen molar-refractivity contribution in [1.82, 2.24) is 4.90 Å². The molecule has 0 heterocycles. The number of hydrogen-bond acceptors (Lipinski definition) is 3. The fourth-order valence-corrected chi connectivity index (χ4v) is 1.53. The number of nitrogens with two attached hydrogens (primary N) is 1. The number of hydrogen-bond donors (Lipinski definition) is 2. The molecule has 17 heavy (non-hydrogen) atoms. The number of benzene rings is 1. The highest BCUT2D eigenvalue weighted by Crippen LogP contribution is 2.14. The molecule has 94 valence electrons. The summed E-state index contributed by atoms with van der Waals surface area (Å²) in [6, 6.07) is 3.90. The second-order valence-electron chi connectivity index (χ2n) is 4.05. The minimum Gasteiger partial charge on any atom is -0.396 e. The number of carbonyl (C=O) groups excluding carboxylic acids is 1. The maximum absolute atomic E-state index is 13.2. The van der Waals surface area contributed by atoms with Gasteiger partial charge in [-0.1, -0.05) is 0 Å². The Morgan fingerprint density at radius 1 is 1.53 bits per heavy atom. The van der Waals surface area contributed by atoms with Gasteiger partial charge in [-0.2, -0.15) is 0 Å². The molecule has 0 aliphatic carbocycles. The summed E-state index contributed by atoms with van der Waals surface area (Å²) < 4.78 is 13.2. The van der Waals surface area contributed by atoms with Gasteiger partial charge < -0.3 is 15.7 Å². The van der Waals surface area contributed by atoms with E-state index in [1.807, 2.05) is 13.8 Å². The molecule has 0 aromatic heterocycles. The van der Waals surface area contributed by atoms with E-state index in [0.29, 0.717) is 0 Å². The first-order valence-electron chi connectivity index (χ1n) is 5.44. The van der Waals surface area contributed by atoms with E-state index in [-0.39, 0.29) is 36.4 Å². The van der Waals surface area contributed by atoms with Crippen molar-refractivity contribution in [3.63, 3.8) is 0 Å². The van der Waals surface area contributed by atoms with Crippen molar-refractivity contribution < 1.29 is 14.3 Å². The summed E-state index contributed by atoms with van der Waals surface area (Å²) >= 11 is 0. The Kier molecular flexibility index (Phi) is 4.45. The topological polar surface area (TPSA) is 66.6 Å². The van der Waals surface area contributed by atoms with E-state index in [2.05, 4.69) is 0 Å². The van der Waals surface area contributed by atoms with E-state index in [0.717, 1.165) is 6.07 Å². The van der Waals surface area contributed by atoms with Crippen LogP contribution < -0.4 is 5.73 Å². The highest BCUT2D eigenvalue weighted by atomic mass is 19.1. The highest BCUT2D eigenvalue weighted by Gasteiger charge is 2.18.